The highest BCUT2D eigenvalue weighted by molar-refractivity contribution is 7.15. The van der Waals surface area contributed by atoms with Crippen LogP contribution in [0.2, 0.25) is 18.1 Å². The summed E-state index contributed by atoms with van der Waals surface area (Å²) in [6.45, 7) is 18.0. The number of nitrogens with one attached hydrogen (secondary N) is 1. The highest BCUT2D eigenvalue weighted by Gasteiger charge is 2.42. The summed E-state index contributed by atoms with van der Waals surface area (Å²) in [5.74, 6) is 0.208. The molecule has 0 unspecified atom stereocenters. The van der Waals surface area contributed by atoms with Gasteiger partial charge in [-0.05, 0) is 62.2 Å². The first-order valence-electron chi connectivity index (χ1n) is 13.1. The van der Waals surface area contributed by atoms with Gasteiger partial charge < -0.3 is 29.1 Å². The molecule has 4 rings (SSSR count). The van der Waals surface area contributed by atoms with Gasteiger partial charge >= 0.3 is 0 Å². The molecular formula is C28H40N4O5SSi. The lowest BCUT2D eigenvalue weighted by molar-refractivity contribution is -0.304. The normalized spacial score (nSPS) is 17.2. The molecule has 0 bridgehead atoms. The van der Waals surface area contributed by atoms with Gasteiger partial charge in [-0.15, -0.1) is 11.3 Å². The number of aromatic nitrogens is 3. The maximum absolute atomic E-state index is 11.1. The minimum Gasteiger partial charge on any atom is -0.475 e. The van der Waals surface area contributed by atoms with E-state index in [1.807, 2.05) is 32.9 Å². The Morgan fingerprint density at radius 3 is 2.51 bits per heavy atom. The quantitative estimate of drug-likeness (QED) is 0.235. The van der Waals surface area contributed by atoms with Crippen LogP contribution in [0.15, 0.2) is 36.7 Å². The number of hydrogen-bond donors (Lipinski definition) is 2. The zero-order chi connectivity index (χ0) is 28.5. The second-order valence-electron chi connectivity index (χ2n) is 11.9. The van der Waals surface area contributed by atoms with Crippen LogP contribution in [0, 0.1) is 6.92 Å². The molecule has 0 saturated carbocycles. The van der Waals surface area contributed by atoms with Crippen molar-refractivity contribution in [3.8, 4) is 16.3 Å². The number of thiazole rings is 1. The minimum atomic E-state index is -1.82. The third kappa shape index (κ3) is 7.41. The summed E-state index contributed by atoms with van der Waals surface area (Å²) < 4.78 is 23.4. The molecule has 0 aliphatic carbocycles. The van der Waals surface area contributed by atoms with Crippen molar-refractivity contribution < 1.29 is 23.7 Å². The molecule has 0 radical (unpaired) electrons. The van der Waals surface area contributed by atoms with Gasteiger partial charge in [-0.1, -0.05) is 26.8 Å². The molecule has 3 aromatic rings. The molecule has 0 atom stereocenters. The summed E-state index contributed by atoms with van der Waals surface area (Å²) in [4.78, 5) is 14.3. The standard InChI is InChI=1S/C28H40N4O5SSi/c1-19-13-20(22-16-30-24(38-22)28(33)17-35-27(5,6)36-18-28)15-21(14-19)31-25-29-10-9-23(32-25)34-11-12-37-39(7,8)26(2,3)4/h9-10,13-16,33H,11-12,17-18H2,1-8H3,(H,29,31,32). The fourth-order valence-corrected chi connectivity index (χ4v) is 5.67. The van der Waals surface area contributed by atoms with Crippen LogP contribution in [0.25, 0.3) is 10.4 Å². The first-order valence-corrected chi connectivity index (χ1v) is 16.8. The van der Waals surface area contributed by atoms with E-state index in [2.05, 4.69) is 60.2 Å². The second-order valence-corrected chi connectivity index (χ2v) is 17.8. The number of nitrogens with zero attached hydrogens (tertiary/aromatic N) is 3. The average molecular weight is 573 g/mol. The van der Waals surface area contributed by atoms with Gasteiger partial charge in [0.1, 0.15) is 11.6 Å². The Hall–Kier alpha value is -2.41. The first kappa shape index (κ1) is 29.6. The van der Waals surface area contributed by atoms with Gasteiger partial charge in [0, 0.05) is 24.1 Å². The molecule has 39 heavy (non-hydrogen) atoms. The monoisotopic (exact) mass is 572 g/mol. The van der Waals surface area contributed by atoms with Gasteiger partial charge in [0.2, 0.25) is 11.8 Å². The van der Waals surface area contributed by atoms with Crippen molar-refractivity contribution >= 4 is 31.3 Å². The summed E-state index contributed by atoms with van der Waals surface area (Å²) >= 11 is 1.42. The number of anilines is 2. The van der Waals surface area contributed by atoms with Crippen LogP contribution in [-0.2, 0) is 19.5 Å². The maximum atomic E-state index is 11.1. The summed E-state index contributed by atoms with van der Waals surface area (Å²) in [7, 11) is -1.82. The number of aliphatic hydroxyl groups is 1. The Morgan fingerprint density at radius 1 is 1.10 bits per heavy atom. The molecule has 1 aliphatic rings. The van der Waals surface area contributed by atoms with Crippen molar-refractivity contribution in [1.82, 2.24) is 15.0 Å². The lowest BCUT2D eigenvalue weighted by Gasteiger charge is -2.39. The smallest absolute Gasteiger partial charge is 0.230 e. The van der Waals surface area contributed by atoms with Crippen LogP contribution in [0.3, 0.4) is 0 Å². The topological polar surface area (TPSA) is 108 Å². The van der Waals surface area contributed by atoms with Gasteiger partial charge in [0.25, 0.3) is 0 Å². The molecule has 1 aliphatic heterocycles. The van der Waals surface area contributed by atoms with Crippen molar-refractivity contribution in [3.63, 3.8) is 0 Å². The van der Waals surface area contributed by atoms with E-state index >= 15 is 0 Å². The van der Waals surface area contributed by atoms with Crippen molar-refractivity contribution in [2.75, 3.05) is 31.7 Å². The lowest BCUT2D eigenvalue weighted by Crippen LogP contribution is -2.49. The first-order chi connectivity index (χ1) is 18.2. The van der Waals surface area contributed by atoms with Crippen LogP contribution < -0.4 is 10.1 Å². The fourth-order valence-electron chi connectivity index (χ4n) is 3.68. The van der Waals surface area contributed by atoms with E-state index in [1.165, 1.54) is 11.3 Å². The highest BCUT2D eigenvalue weighted by atomic mass is 32.1. The van der Waals surface area contributed by atoms with Crippen molar-refractivity contribution in [2.45, 2.75) is 71.1 Å². The molecule has 0 amide bonds. The third-order valence-corrected chi connectivity index (χ3v) is 12.8. The number of benzene rings is 1. The van der Waals surface area contributed by atoms with Crippen LogP contribution in [-0.4, -0.2) is 60.6 Å². The van der Waals surface area contributed by atoms with E-state index in [-0.39, 0.29) is 18.3 Å². The van der Waals surface area contributed by atoms with Crippen LogP contribution in [0.4, 0.5) is 11.6 Å². The Balaban J connectivity index is 1.41. The third-order valence-electron chi connectivity index (χ3n) is 7.07. The summed E-state index contributed by atoms with van der Waals surface area (Å²) in [6.07, 6.45) is 3.44. The zero-order valence-corrected chi connectivity index (χ0v) is 25.9. The Bertz CT molecular complexity index is 1280. The minimum absolute atomic E-state index is 0.131. The Morgan fingerprint density at radius 2 is 1.82 bits per heavy atom. The molecule has 1 fully saturated rings. The van der Waals surface area contributed by atoms with E-state index in [4.69, 9.17) is 18.6 Å². The van der Waals surface area contributed by atoms with Gasteiger partial charge in [-0.3, -0.25) is 0 Å². The molecule has 0 spiro atoms. The lowest BCUT2D eigenvalue weighted by atomic mass is 10.1. The summed E-state index contributed by atoms with van der Waals surface area (Å²) in [5.41, 5.74) is 1.60. The predicted octanol–water partition coefficient (Wildman–Crippen LogP) is 6.02. The Labute approximate surface area is 236 Å². The molecule has 9 nitrogen and oxygen atoms in total. The molecule has 11 heteroatoms. The Kier molecular flexibility index (Phi) is 8.51. The van der Waals surface area contributed by atoms with E-state index in [9.17, 15) is 5.11 Å². The molecule has 1 saturated heterocycles. The predicted molar refractivity (Wildman–Crippen MR) is 156 cm³/mol. The van der Waals surface area contributed by atoms with E-state index in [0.29, 0.717) is 30.0 Å². The molecule has 212 valence electrons. The molecular weight excluding hydrogens is 532 g/mol. The summed E-state index contributed by atoms with van der Waals surface area (Å²) in [5, 5.41) is 15.1. The van der Waals surface area contributed by atoms with Crippen molar-refractivity contribution in [2.24, 2.45) is 0 Å². The van der Waals surface area contributed by atoms with Crippen molar-refractivity contribution in [1.29, 1.82) is 0 Å². The van der Waals surface area contributed by atoms with Gasteiger partial charge in [0.15, 0.2) is 19.7 Å². The van der Waals surface area contributed by atoms with Crippen LogP contribution >= 0.6 is 11.3 Å². The highest BCUT2D eigenvalue weighted by Crippen LogP contribution is 2.38. The molecule has 1 aromatic carbocycles. The summed E-state index contributed by atoms with van der Waals surface area (Å²) in [6, 6.07) is 7.85. The number of ether oxygens (including phenoxy) is 3. The molecule has 3 heterocycles. The molecule has 2 aromatic heterocycles. The fraction of sp³-hybridized carbons (Fsp3) is 0.536. The maximum Gasteiger partial charge on any atom is 0.230 e. The number of rotatable bonds is 9. The van der Waals surface area contributed by atoms with E-state index < -0.39 is 19.7 Å². The van der Waals surface area contributed by atoms with Crippen LogP contribution in [0.5, 0.6) is 5.88 Å². The SMILES string of the molecule is Cc1cc(Nc2nccc(OCCO[Si](C)(C)C(C)(C)C)n2)cc(-c2cnc(C3(O)COC(C)(C)OC3)s2)c1. The van der Waals surface area contributed by atoms with Gasteiger partial charge in [-0.2, -0.15) is 4.98 Å². The second kappa shape index (κ2) is 11.2. The zero-order valence-electron chi connectivity index (χ0n) is 24.1. The number of aryl methyl sites for hydroxylation is 1. The van der Waals surface area contributed by atoms with Gasteiger partial charge in [-0.25, -0.2) is 9.97 Å². The average Bonchev–Trinajstić information content (AvgIpc) is 3.35. The van der Waals surface area contributed by atoms with Crippen LogP contribution in [0.1, 0.15) is 45.2 Å². The van der Waals surface area contributed by atoms with E-state index in [0.717, 1.165) is 21.7 Å². The van der Waals surface area contributed by atoms with E-state index in [1.54, 1.807) is 18.5 Å². The largest absolute Gasteiger partial charge is 0.475 e. The van der Waals surface area contributed by atoms with Gasteiger partial charge in [0.05, 0.1) is 24.7 Å². The molecule has 2 N–H and O–H groups in total. The van der Waals surface area contributed by atoms with Crippen molar-refractivity contribution in [3.05, 3.63) is 47.2 Å². The number of hydrogen-bond acceptors (Lipinski definition) is 10.